The van der Waals surface area contributed by atoms with Crippen molar-refractivity contribution < 1.29 is 9.72 Å². The van der Waals surface area contributed by atoms with Crippen molar-refractivity contribution in [3.63, 3.8) is 0 Å². The van der Waals surface area contributed by atoms with Gasteiger partial charge in [-0.3, -0.25) is 20.0 Å². The number of nitro groups is 1. The van der Waals surface area contributed by atoms with Crippen LogP contribution in [0.5, 0.6) is 0 Å². The number of rotatable bonds is 4. The molecule has 8 heteroatoms. The van der Waals surface area contributed by atoms with Crippen LogP contribution in [0.25, 0.3) is 11.3 Å². The smallest absolute Gasteiger partial charge is 0.269 e. The van der Waals surface area contributed by atoms with Crippen LogP contribution in [0, 0.1) is 24.0 Å². The number of benzene rings is 2. The van der Waals surface area contributed by atoms with Crippen LogP contribution in [0.15, 0.2) is 48.7 Å². The summed E-state index contributed by atoms with van der Waals surface area (Å²) in [6.07, 6.45) is 1.52. The first-order valence-electron chi connectivity index (χ1n) is 9.83. The fraction of sp³-hybridized carbons (Fsp3) is 0.273. The molecule has 1 fully saturated rings. The molecule has 0 saturated carbocycles. The number of piperazine rings is 1. The summed E-state index contributed by atoms with van der Waals surface area (Å²) < 4.78 is 0. The van der Waals surface area contributed by atoms with Crippen molar-refractivity contribution in [2.24, 2.45) is 0 Å². The minimum atomic E-state index is -0.446. The quantitative estimate of drug-likeness (QED) is 0.529. The van der Waals surface area contributed by atoms with Crippen molar-refractivity contribution in [3.05, 3.63) is 75.5 Å². The highest BCUT2D eigenvalue weighted by Gasteiger charge is 2.26. The summed E-state index contributed by atoms with van der Waals surface area (Å²) in [5, 5.41) is 17.8. The van der Waals surface area contributed by atoms with Crippen LogP contribution in [-0.4, -0.2) is 52.1 Å². The fourth-order valence-corrected chi connectivity index (χ4v) is 3.80. The predicted octanol–water partition coefficient (Wildman–Crippen LogP) is 3.56. The number of aryl methyl sites for hydroxylation is 2. The summed E-state index contributed by atoms with van der Waals surface area (Å²) in [4.78, 5) is 27.7. The van der Waals surface area contributed by atoms with E-state index in [0.717, 1.165) is 13.1 Å². The molecule has 0 spiro atoms. The number of nitro benzene ring substituents is 1. The van der Waals surface area contributed by atoms with Crippen LogP contribution in [-0.2, 0) is 0 Å². The maximum Gasteiger partial charge on any atom is 0.269 e. The van der Waals surface area contributed by atoms with E-state index < -0.39 is 4.92 Å². The van der Waals surface area contributed by atoms with Crippen LogP contribution >= 0.6 is 0 Å². The number of hydrogen-bond donors (Lipinski definition) is 1. The molecule has 30 heavy (non-hydrogen) atoms. The molecule has 1 saturated heterocycles. The van der Waals surface area contributed by atoms with Gasteiger partial charge < -0.3 is 9.80 Å². The molecule has 3 aromatic rings. The van der Waals surface area contributed by atoms with Gasteiger partial charge in [0.05, 0.1) is 22.4 Å². The lowest BCUT2D eigenvalue weighted by molar-refractivity contribution is -0.384. The molecule has 8 nitrogen and oxygen atoms in total. The molecule has 2 aromatic carbocycles. The third kappa shape index (κ3) is 3.76. The molecule has 4 rings (SSSR count). The molecular weight excluding hydrogens is 382 g/mol. The average molecular weight is 405 g/mol. The first-order valence-corrected chi connectivity index (χ1v) is 9.83. The van der Waals surface area contributed by atoms with Gasteiger partial charge in [-0.25, -0.2) is 0 Å². The lowest BCUT2D eigenvalue weighted by Crippen LogP contribution is -2.49. The van der Waals surface area contributed by atoms with Gasteiger partial charge in [0, 0.05) is 49.6 Å². The molecular formula is C22H23N5O3. The Morgan fingerprint density at radius 3 is 2.43 bits per heavy atom. The van der Waals surface area contributed by atoms with E-state index in [1.54, 1.807) is 12.1 Å². The largest absolute Gasteiger partial charge is 0.368 e. The standard InChI is InChI=1S/C22H23N5O3/c1-15-3-4-16(2)20(13-15)25-9-11-26(12-10-25)22(28)19-14-23-24-21(19)17-5-7-18(8-6-17)27(29)30/h3-8,13-14H,9-12H2,1-2H3,(H,23,24). The van der Waals surface area contributed by atoms with Crippen molar-refractivity contribution in [1.82, 2.24) is 15.1 Å². The predicted molar refractivity (Wildman–Crippen MR) is 115 cm³/mol. The highest BCUT2D eigenvalue weighted by Crippen LogP contribution is 2.26. The van der Waals surface area contributed by atoms with Gasteiger partial charge in [0.2, 0.25) is 0 Å². The summed E-state index contributed by atoms with van der Waals surface area (Å²) >= 11 is 0. The number of aromatic nitrogens is 2. The molecule has 0 unspecified atom stereocenters. The molecule has 1 aromatic heterocycles. The molecule has 1 amide bonds. The topological polar surface area (TPSA) is 95.4 Å². The van der Waals surface area contributed by atoms with Crippen LogP contribution in [0.1, 0.15) is 21.5 Å². The highest BCUT2D eigenvalue weighted by atomic mass is 16.6. The van der Waals surface area contributed by atoms with Crippen LogP contribution in [0.2, 0.25) is 0 Å². The second kappa shape index (κ2) is 7.98. The van der Waals surface area contributed by atoms with E-state index in [-0.39, 0.29) is 11.6 Å². The summed E-state index contributed by atoms with van der Waals surface area (Å²) in [5.41, 5.74) is 5.42. The van der Waals surface area contributed by atoms with Crippen LogP contribution < -0.4 is 4.90 Å². The summed E-state index contributed by atoms with van der Waals surface area (Å²) in [6.45, 7) is 6.96. The third-order valence-electron chi connectivity index (χ3n) is 5.51. The van der Waals surface area contributed by atoms with Gasteiger partial charge in [0.25, 0.3) is 11.6 Å². The number of aromatic amines is 1. The van der Waals surface area contributed by atoms with Crippen LogP contribution in [0.4, 0.5) is 11.4 Å². The van der Waals surface area contributed by atoms with Gasteiger partial charge in [-0.15, -0.1) is 0 Å². The number of carbonyl (C=O) groups is 1. The number of hydrogen-bond acceptors (Lipinski definition) is 5. The Labute approximate surface area is 174 Å². The molecule has 0 radical (unpaired) electrons. The Morgan fingerprint density at radius 1 is 1.07 bits per heavy atom. The number of non-ortho nitro benzene ring substituents is 1. The van der Waals surface area contributed by atoms with Crippen molar-refractivity contribution in [2.45, 2.75) is 13.8 Å². The van der Waals surface area contributed by atoms with Crippen molar-refractivity contribution in [3.8, 4) is 11.3 Å². The van der Waals surface area contributed by atoms with E-state index in [1.807, 2.05) is 4.90 Å². The minimum absolute atomic E-state index is 0.00806. The number of amides is 1. The van der Waals surface area contributed by atoms with Gasteiger partial charge in [0.1, 0.15) is 0 Å². The maximum atomic E-state index is 13.1. The Kier molecular flexibility index (Phi) is 5.22. The number of nitrogens with one attached hydrogen (secondary N) is 1. The Morgan fingerprint density at radius 2 is 1.77 bits per heavy atom. The SMILES string of the molecule is Cc1ccc(C)c(N2CCN(C(=O)c3cn[nH]c3-c3ccc([N+](=O)[O-])cc3)CC2)c1. The third-order valence-corrected chi connectivity index (χ3v) is 5.51. The van der Waals surface area contributed by atoms with E-state index in [2.05, 4.69) is 47.1 Å². The monoisotopic (exact) mass is 405 g/mol. The fourth-order valence-electron chi connectivity index (χ4n) is 3.80. The van der Waals surface area contributed by atoms with Gasteiger partial charge in [-0.1, -0.05) is 12.1 Å². The Balaban J connectivity index is 1.48. The van der Waals surface area contributed by atoms with Gasteiger partial charge in [-0.2, -0.15) is 5.10 Å². The van der Waals surface area contributed by atoms with Gasteiger partial charge in [-0.05, 0) is 43.2 Å². The number of anilines is 1. The molecule has 1 N–H and O–H groups in total. The number of nitrogens with zero attached hydrogens (tertiary/aromatic N) is 4. The number of carbonyl (C=O) groups excluding carboxylic acids is 1. The molecule has 0 aliphatic carbocycles. The summed E-state index contributed by atoms with van der Waals surface area (Å²) in [6, 6.07) is 12.5. The second-order valence-corrected chi connectivity index (χ2v) is 7.53. The molecule has 1 aliphatic rings. The zero-order chi connectivity index (χ0) is 21.3. The molecule has 0 bridgehead atoms. The van der Waals surface area contributed by atoms with Crippen molar-refractivity contribution >= 4 is 17.3 Å². The van der Waals surface area contributed by atoms with Crippen LogP contribution in [0.3, 0.4) is 0 Å². The Hall–Kier alpha value is -3.68. The molecule has 154 valence electrons. The number of H-pyrrole nitrogens is 1. The molecule has 0 atom stereocenters. The normalized spacial score (nSPS) is 14.1. The average Bonchev–Trinajstić information content (AvgIpc) is 3.25. The molecule has 2 heterocycles. The maximum absolute atomic E-state index is 13.1. The highest BCUT2D eigenvalue weighted by molar-refractivity contribution is 6.00. The van der Waals surface area contributed by atoms with E-state index in [1.165, 1.54) is 35.1 Å². The zero-order valence-corrected chi connectivity index (χ0v) is 17.0. The Bertz CT molecular complexity index is 1080. The summed E-state index contributed by atoms with van der Waals surface area (Å²) in [5.74, 6) is -0.0854. The second-order valence-electron chi connectivity index (χ2n) is 7.53. The zero-order valence-electron chi connectivity index (χ0n) is 17.0. The lowest BCUT2D eigenvalue weighted by Gasteiger charge is -2.37. The van der Waals surface area contributed by atoms with E-state index in [4.69, 9.17) is 0 Å². The van der Waals surface area contributed by atoms with Gasteiger partial charge >= 0.3 is 0 Å². The van der Waals surface area contributed by atoms with E-state index in [0.29, 0.717) is 29.9 Å². The molecule has 1 aliphatic heterocycles. The first-order chi connectivity index (χ1) is 14.4. The lowest BCUT2D eigenvalue weighted by atomic mass is 10.1. The minimum Gasteiger partial charge on any atom is -0.368 e. The first kappa shape index (κ1) is 19.6. The summed E-state index contributed by atoms with van der Waals surface area (Å²) in [7, 11) is 0. The van der Waals surface area contributed by atoms with Crippen molar-refractivity contribution in [1.29, 1.82) is 0 Å². The van der Waals surface area contributed by atoms with E-state index in [9.17, 15) is 14.9 Å². The van der Waals surface area contributed by atoms with Gasteiger partial charge in [0.15, 0.2) is 0 Å². The van der Waals surface area contributed by atoms with E-state index >= 15 is 0 Å². The van der Waals surface area contributed by atoms with Crippen molar-refractivity contribution in [2.75, 3.05) is 31.1 Å².